The number of nitrogens with zero attached hydrogens (tertiary/aromatic N) is 3. The summed E-state index contributed by atoms with van der Waals surface area (Å²) in [6.07, 6.45) is 1.63. The zero-order valence-corrected chi connectivity index (χ0v) is 16.2. The molecule has 0 amide bonds. The summed E-state index contributed by atoms with van der Waals surface area (Å²) in [5.74, 6) is 0.775. The molecule has 1 aromatic carbocycles. The van der Waals surface area contributed by atoms with Gasteiger partial charge in [0.15, 0.2) is 5.96 Å². The first-order valence-corrected chi connectivity index (χ1v) is 7.85. The second-order valence-electron chi connectivity index (χ2n) is 5.55. The third-order valence-corrected chi connectivity index (χ3v) is 4.04. The molecule has 0 unspecified atom stereocenters. The van der Waals surface area contributed by atoms with Crippen LogP contribution < -0.4 is 10.2 Å². The van der Waals surface area contributed by atoms with Crippen molar-refractivity contribution in [3.05, 3.63) is 54.0 Å². The number of guanidine groups is 1. The van der Waals surface area contributed by atoms with Gasteiger partial charge in [-0.05, 0) is 24.3 Å². The van der Waals surface area contributed by atoms with E-state index in [1.54, 1.807) is 13.3 Å². The molecule has 3 rings (SSSR count). The van der Waals surface area contributed by atoms with Gasteiger partial charge in [0.1, 0.15) is 17.4 Å². The molecular weight excluding hydrogens is 441 g/mol. The Labute approximate surface area is 162 Å². The third kappa shape index (κ3) is 4.83. The second-order valence-corrected chi connectivity index (χ2v) is 5.55. The highest BCUT2D eigenvalue weighted by Gasteiger charge is 2.22. The second kappa shape index (κ2) is 9.02. The normalized spacial score (nSPS) is 15.1. The summed E-state index contributed by atoms with van der Waals surface area (Å²) >= 11 is 0. The number of hydrogen-bond donors (Lipinski definition) is 1. The number of benzene rings is 1. The molecule has 1 N–H and O–H groups in total. The van der Waals surface area contributed by atoms with Gasteiger partial charge in [-0.15, -0.1) is 24.0 Å². The third-order valence-electron chi connectivity index (χ3n) is 4.04. The van der Waals surface area contributed by atoms with Crippen LogP contribution in [0.15, 0.2) is 46.0 Å². The Morgan fingerprint density at radius 2 is 1.96 bits per heavy atom. The van der Waals surface area contributed by atoms with Gasteiger partial charge in [0.2, 0.25) is 0 Å². The van der Waals surface area contributed by atoms with E-state index < -0.39 is 11.6 Å². The summed E-state index contributed by atoms with van der Waals surface area (Å²) in [7, 11) is 1.73. The van der Waals surface area contributed by atoms with Gasteiger partial charge in [-0.25, -0.2) is 8.78 Å². The van der Waals surface area contributed by atoms with Gasteiger partial charge in [0, 0.05) is 39.3 Å². The summed E-state index contributed by atoms with van der Waals surface area (Å²) in [4.78, 5) is 8.23. The lowest BCUT2D eigenvalue weighted by Crippen LogP contribution is -2.52. The lowest BCUT2D eigenvalue weighted by atomic mass is 10.2. The molecule has 1 aromatic heterocycles. The molecule has 1 aliphatic rings. The SMILES string of the molecule is CN=C(NCc1ccco1)N1CCN(c2cc(F)ccc2F)CC1.I. The molecule has 5 nitrogen and oxygen atoms in total. The molecule has 0 bridgehead atoms. The van der Waals surface area contributed by atoms with Gasteiger partial charge < -0.3 is 19.5 Å². The lowest BCUT2D eigenvalue weighted by Gasteiger charge is -2.37. The molecule has 1 fully saturated rings. The van der Waals surface area contributed by atoms with Crippen LogP contribution in [0.3, 0.4) is 0 Å². The Morgan fingerprint density at radius 3 is 2.60 bits per heavy atom. The van der Waals surface area contributed by atoms with Crippen LogP contribution in [0.4, 0.5) is 14.5 Å². The molecule has 2 heterocycles. The van der Waals surface area contributed by atoms with Crippen LogP contribution in [0, 0.1) is 11.6 Å². The molecule has 1 aliphatic heterocycles. The van der Waals surface area contributed by atoms with Crippen LogP contribution in [-0.4, -0.2) is 44.1 Å². The summed E-state index contributed by atoms with van der Waals surface area (Å²) in [5, 5.41) is 3.25. The maximum Gasteiger partial charge on any atom is 0.194 e. The van der Waals surface area contributed by atoms with Crippen LogP contribution >= 0.6 is 24.0 Å². The number of aliphatic imine (C=N–C) groups is 1. The average Bonchev–Trinajstić information content (AvgIpc) is 3.12. The molecule has 1 saturated heterocycles. The smallest absolute Gasteiger partial charge is 0.194 e. The predicted molar refractivity (Wildman–Crippen MR) is 104 cm³/mol. The highest BCUT2D eigenvalue weighted by molar-refractivity contribution is 14.0. The van der Waals surface area contributed by atoms with Crippen LogP contribution in [0.2, 0.25) is 0 Å². The molecule has 136 valence electrons. The lowest BCUT2D eigenvalue weighted by molar-refractivity contribution is 0.368. The van der Waals surface area contributed by atoms with E-state index in [0.29, 0.717) is 38.4 Å². The molecule has 8 heteroatoms. The molecule has 25 heavy (non-hydrogen) atoms. The zero-order valence-electron chi connectivity index (χ0n) is 13.9. The van der Waals surface area contributed by atoms with Crippen molar-refractivity contribution in [1.82, 2.24) is 10.2 Å². The van der Waals surface area contributed by atoms with Crippen LogP contribution in [0.25, 0.3) is 0 Å². The van der Waals surface area contributed by atoms with Gasteiger partial charge in [-0.3, -0.25) is 4.99 Å². The summed E-state index contributed by atoms with van der Waals surface area (Å²) in [5.41, 5.74) is 0.313. The topological polar surface area (TPSA) is 44.0 Å². The van der Waals surface area contributed by atoms with Crippen molar-refractivity contribution in [2.24, 2.45) is 4.99 Å². The Balaban J connectivity index is 0.00000225. The van der Waals surface area contributed by atoms with E-state index in [2.05, 4.69) is 15.2 Å². The Morgan fingerprint density at radius 1 is 1.20 bits per heavy atom. The van der Waals surface area contributed by atoms with Gasteiger partial charge in [0.05, 0.1) is 18.5 Å². The van der Waals surface area contributed by atoms with Crippen molar-refractivity contribution in [3.63, 3.8) is 0 Å². The van der Waals surface area contributed by atoms with Crippen molar-refractivity contribution in [1.29, 1.82) is 0 Å². The maximum absolute atomic E-state index is 13.9. The number of furan rings is 1. The van der Waals surface area contributed by atoms with Gasteiger partial charge in [-0.1, -0.05) is 0 Å². The van der Waals surface area contributed by atoms with Crippen molar-refractivity contribution >= 4 is 35.6 Å². The predicted octanol–water partition coefficient (Wildman–Crippen LogP) is 3.07. The Bertz CT molecular complexity index is 701. The fourth-order valence-electron chi connectivity index (χ4n) is 2.80. The number of rotatable bonds is 3. The molecular formula is C17H21F2IN4O. The summed E-state index contributed by atoms with van der Waals surface area (Å²) < 4.78 is 32.5. The van der Waals surface area contributed by atoms with Gasteiger partial charge >= 0.3 is 0 Å². The van der Waals surface area contributed by atoms with Gasteiger partial charge in [-0.2, -0.15) is 0 Å². The van der Waals surface area contributed by atoms with Crippen LogP contribution in [-0.2, 0) is 6.54 Å². The van der Waals surface area contributed by atoms with Crippen molar-refractivity contribution in [2.45, 2.75) is 6.54 Å². The maximum atomic E-state index is 13.9. The quantitative estimate of drug-likeness (QED) is 0.433. The van der Waals surface area contributed by atoms with Gasteiger partial charge in [0.25, 0.3) is 0 Å². The van der Waals surface area contributed by atoms with E-state index in [1.165, 1.54) is 12.1 Å². The largest absolute Gasteiger partial charge is 0.467 e. The molecule has 0 saturated carbocycles. The molecule has 0 spiro atoms. The fourth-order valence-corrected chi connectivity index (χ4v) is 2.80. The van der Waals surface area contributed by atoms with E-state index in [9.17, 15) is 8.78 Å². The minimum absolute atomic E-state index is 0. The highest BCUT2D eigenvalue weighted by Crippen LogP contribution is 2.21. The van der Waals surface area contributed by atoms with E-state index in [4.69, 9.17) is 4.42 Å². The van der Waals surface area contributed by atoms with Crippen LogP contribution in [0.1, 0.15) is 5.76 Å². The Hall–Kier alpha value is -1.84. The highest BCUT2D eigenvalue weighted by atomic mass is 127. The van der Waals surface area contributed by atoms with Crippen molar-refractivity contribution in [3.8, 4) is 0 Å². The zero-order chi connectivity index (χ0) is 16.9. The van der Waals surface area contributed by atoms with Crippen molar-refractivity contribution < 1.29 is 13.2 Å². The number of halogens is 3. The number of nitrogens with one attached hydrogen (secondary N) is 1. The minimum atomic E-state index is -0.426. The monoisotopic (exact) mass is 462 g/mol. The van der Waals surface area contributed by atoms with E-state index >= 15 is 0 Å². The summed E-state index contributed by atoms with van der Waals surface area (Å²) in [6, 6.07) is 7.28. The van der Waals surface area contributed by atoms with E-state index in [0.717, 1.165) is 17.8 Å². The Kier molecular flexibility index (Phi) is 7.03. The van der Waals surface area contributed by atoms with E-state index in [1.807, 2.05) is 17.0 Å². The molecule has 0 radical (unpaired) electrons. The van der Waals surface area contributed by atoms with Crippen molar-refractivity contribution in [2.75, 3.05) is 38.1 Å². The molecule has 0 atom stereocenters. The molecule has 0 aliphatic carbocycles. The summed E-state index contributed by atoms with van der Waals surface area (Å²) in [6.45, 7) is 3.10. The first-order chi connectivity index (χ1) is 11.7. The molecule has 2 aromatic rings. The number of anilines is 1. The van der Waals surface area contributed by atoms with E-state index in [-0.39, 0.29) is 24.0 Å². The first kappa shape index (κ1) is 19.5. The standard InChI is InChI=1S/C17H20F2N4O.HI/c1-20-17(21-12-14-3-2-10-24-14)23-8-6-22(7-9-23)16-11-13(18)4-5-15(16)19;/h2-5,10-11H,6-9,12H2,1H3,(H,20,21);1H. The number of hydrogen-bond acceptors (Lipinski definition) is 3. The number of piperazine rings is 1. The fraction of sp³-hybridized carbons (Fsp3) is 0.353. The van der Waals surface area contributed by atoms with Crippen LogP contribution in [0.5, 0.6) is 0 Å². The minimum Gasteiger partial charge on any atom is -0.467 e. The first-order valence-electron chi connectivity index (χ1n) is 7.85. The average molecular weight is 462 g/mol.